The molecule has 0 spiro atoms. The number of halogens is 3. The van der Waals surface area contributed by atoms with Gasteiger partial charge in [0.1, 0.15) is 6.61 Å². The first-order valence-electron chi connectivity index (χ1n) is 5.99. The number of fused-ring (bicyclic) bond motifs is 1. The lowest BCUT2D eigenvalue weighted by Gasteiger charge is -2.27. The minimum absolute atomic E-state index is 0.0463. The van der Waals surface area contributed by atoms with Gasteiger partial charge in [0, 0.05) is 0 Å². The lowest BCUT2D eigenvalue weighted by molar-refractivity contribution is -0.330. The average molecular weight is 276 g/mol. The van der Waals surface area contributed by atoms with Crippen molar-refractivity contribution < 1.29 is 27.4 Å². The van der Waals surface area contributed by atoms with Crippen LogP contribution in [0.5, 0.6) is 11.5 Å². The van der Waals surface area contributed by atoms with Crippen molar-refractivity contribution in [3.8, 4) is 11.5 Å². The van der Waals surface area contributed by atoms with E-state index in [-0.39, 0.29) is 6.61 Å². The Balaban J connectivity index is 2.00. The van der Waals surface area contributed by atoms with Crippen molar-refractivity contribution >= 4 is 0 Å². The Bertz CT molecular complexity index is 443. The molecular weight excluding hydrogens is 261 g/mol. The molecule has 1 heterocycles. The summed E-state index contributed by atoms with van der Waals surface area (Å²) in [6, 6.07) is 5.44. The van der Waals surface area contributed by atoms with E-state index in [2.05, 4.69) is 4.74 Å². The van der Waals surface area contributed by atoms with Gasteiger partial charge in [-0.05, 0) is 23.6 Å². The molecule has 0 radical (unpaired) electrons. The standard InChI is InChI=1S/C13H15F3O3/c1-8(2)9-3-4-11-12(5-9)17-6-10(19-11)7-18-13(14,15)16/h3-5,8,10H,6-7H2,1-2H3. The van der Waals surface area contributed by atoms with Crippen LogP contribution < -0.4 is 9.47 Å². The van der Waals surface area contributed by atoms with E-state index in [0.717, 1.165) is 5.56 Å². The summed E-state index contributed by atoms with van der Waals surface area (Å²) in [7, 11) is 0. The van der Waals surface area contributed by atoms with E-state index in [9.17, 15) is 13.2 Å². The zero-order valence-electron chi connectivity index (χ0n) is 10.7. The Kier molecular flexibility index (Phi) is 3.89. The smallest absolute Gasteiger partial charge is 0.486 e. The molecule has 0 aliphatic carbocycles. The third-order valence-electron chi connectivity index (χ3n) is 2.79. The minimum atomic E-state index is -4.65. The Morgan fingerprint density at radius 1 is 1.32 bits per heavy atom. The molecule has 2 rings (SSSR count). The van der Waals surface area contributed by atoms with Crippen LogP contribution in [-0.4, -0.2) is 25.7 Å². The third kappa shape index (κ3) is 3.76. The number of alkyl halides is 3. The molecule has 0 aromatic heterocycles. The topological polar surface area (TPSA) is 27.7 Å². The van der Waals surface area contributed by atoms with Crippen LogP contribution in [0.3, 0.4) is 0 Å². The van der Waals surface area contributed by atoms with E-state index in [0.29, 0.717) is 17.4 Å². The highest BCUT2D eigenvalue weighted by atomic mass is 19.4. The van der Waals surface area contributed by atoms with Crippen molar-refractivity contribution in [1.29, 1.82) is 0 Å². The fourth-order valence-electron chi connectivity index (χ4n) is 1.76. The lowest BCUT2D eigenvalue weighted by atomic mass is 10.0. The Labute approximate surface area is 109 Å². The van der Waals surface area contributed by atoms with Gasteiger partial charge in [0.15, 0.2) is 17.6 Å². The molecule has 1 aromatic rings. The number of ether oxygens (including phenoxy) is 3. The number of hydrogen-bond donors (Lipinski definition) is 0. The highest BCUT2D eigenvalue weighted by Crippen LogP contribution is 2.34. The average Bonchev–Trinajstić information content (AvgIpc) is 2.34. The van der Waals surface area contributed by atoms with E-state index >= 15 is 0 Å². The Hall–Kier alpha value is -1.43. The summed E-state index contributed by atoms with van der Waals surface area (Å²) in [6.45, 7) is 3.57. The molecule has 1 aliphatic rings. The quantitative estimate of drug-likeness (QED) is 0.845. The molecule has 3 nitrogen and oxygen atoms in total. The van der Waals surface area contributed by atoms with Gasteiger partial charge >= 0.3 is 6.36 Å². The normalized spacial score (nSPS) is 18.7. The fourth-order valence-corrected chi connectivity index (χ4v) is 1.76. The van der Waals surface area contributed by atoms with E-state index in [1.54, 1.807) is 6.07 Å². The van der Waals surface area contributed by atoms with Crippen molar-refractivity contribution in [2.75, 3.05) is 13.2 Å². The summed E-state index contributed by atoms with van der Waals surface area (Å²) in [4.78, 5) is 0. The molecule has 19 heavy (non-hydrogen) atoms. The molecule has 1 aliphatic heterocycles. The molecule has 0 saturated carbocycles. The van der Waals surface area contributed by atoms with Gasteiger partial charge < -0.3 is 9.47 Å². The molecule has 1 unspecified atom stereocenters. The van der Waals surface area contributed by atoms with Gasteiger partial charge in [-0.1, -0.05) is 19.9 Å². The summed E-state index contributed by atoms with van der Waals surface area (Å²) in [5.74, 6) is 1.36. The summed E-state index contributed by atoms with van der Waals surface area (Å²) in [5, 5.41) is 0. The molecule has 1 atom stereocenters. The maximum absolute atomic E-state index is 11.9. The van der Waals surface area contributed by atoms with Gasteiger partial charge in [-0.25, -0.2) is 0 Å². The first kappa shape index (κ1) is 14.0. The van der Waals surface area contributed by atoms with Gasteiger partial charge in [0.25, 0.3) is 0 Å². The monoisotopic (exact) mass is 276 g/mol. The second kappa shape index (κ2) is 5.28. The van der Waals surface area contributed by atoms with Crippen LogP contribution in [0.1, 0.15) is 25.3 Å². The highest BCUT2D eigenvalue weighted by molar-refractivity contribution is 5.44. The molecule has 1 aromatic carbocycles. The van der Waals surface area contributed by atoms with Crippen LogP contribution in [0.4, 0.5) is 13.2 Å². The van der Waals surface area contributed by atoms with Crippen molar-refractivity contribution in [2.24, 2.45) is 0 Å². The summed E-state index contributed by atoms with van der Waals surface area (Å²) in [6.07, 6.45) is -5.40. The maximum atomic E-state index is 11.9. The number of rotatable bonds is 3. The van der Waals surface area contributed by atoms with E-state index in [4.69, 9.17) is 9.47 Å². The van der Waals surface area contributed by atoms with E-state index < -0.39 is 19.1 Å². The molecular formula is C13H15F3O3. The second-order valence-corrected chi connectivity index (χ2v) is 4.67. The van der Waals surface area contributed by atoms with Crippen LogP contribution in [0.15, 0.2) is 18.2 Å². The predicted molar refractivity (Wildman–Crippen MR) is 62.4 cm³/mol. The minimum Gasteiger partial charge on any atom is -0.486 e. The SMILES string of the molecule is CC(C)c1ccc2c(c1)OCC(COC(F)(F)F)O2. The Morgan fingerprint density at radius 3 is 2.68 bits per heavy atom. The predicted octanol–water partition coefficient (Wildman–Crippen LogP) is 3.49. The van der Waals surface area contributed by atoms with E-state index in [1.807, 2.05) is 26.0 Å². The van der Waals surface area contributed by atoms with Crippen LogP contribution in [0.25, 0.3) is 0 Å². The molecule has 106 valence electrons. The first-order valence-corrected chi connectivity index (χ1v) is 5.99. The molecule has 0 saturated heterocycles. The van der Waals surface area contributed by atoms with Crippen LogP contribution in [0.2, 0.25) is 0 Å². The molecule has 6 heteroatoms. The van der Waals surface area contributed by atoms with Crippen molar-refractivity contribution in [1.82, 2.24) is 0 Å². The number of hydrogen-bond acceptors (Lipinski definition) is 3. The van der Waals surface area contributed by atoms with Crippen molar-refractivity contribution in [3.05, 3.63) is 23.8 Å². The van der Waals surface area contributed by atoms with Crippen LogP contribution >= 0.6 is 0 Å². The lowest BCUT2D eigenvalue weighted by Crippen LogP contribution is -2.35. The molecule has 0 N–H and O–H groups in total. The first-order chi connectivity index (χ1) is 8.85. The second-order valence-electron chi connectivity index (χ2n) is 4.67. The van der Waals surface area contributed by atoms with Gasteiger partial charge in [-0.3, -0.25) is 4.74 Å². The Morgan fingerprint density at radius 2 is 2.05 bits per heavy atom. The molecule has 0 amide bonds. The van der Waals surface area contributed by atoms with Crippen molar-refractivity contribution in [2.45, 2.75) is 32.2 Å². The summed E-state index contributed by atoms with van der Waals surface area (Å²) >= 11 is 0. The fraction of sp³-hybridized carbons (Fsp3) is 0.538. The van der Waals surface area contributed by atoms with E-state index in [1.165, 1.54) is 0 Å². The zero-order chi connectivity index (χ0) is 14.0. The largest absolute Gasteiger partial charge is 0.522 e. The van der Waals surface area contributed by atoms with Gasteiger partial charge in [-0.15, -0.1) is 13.2 Å². The number of benzene rings is 1. The van der Waals surface area contributed by atoms with Crippen LogP contribution in [-0.2, 0) is 4.74 Å². The third-order valence-corrected chi connectivity index (χ3v) is 2.79. The van der Waals surface area contributed by atoms with Crippen molar-refractivity contribution in [3.63, 3.8) is 0 Å². The highest BCUT2D eigenvalue weighted by Gasteiger charge is 2.32. The maximum Gasteiger partial charge on any atom is 0.522 e. The molecule has 0 bridgehead atoms. The molecule has 0 fully saturated rings. The van der Waals surface area contributed by atoms with Gasteiger partial charge in [0.05, 0.1) is 6.61 Å². The summed E-state index contributed by atoms with van der Waals surface area (Å²) in [5.41, 5.74) is 1.09. The summed E-state index contributed by atoms with van der Waals surface area (Å²) < 4.78 is 50.4. The van der Waals surface area contributed by atoms with Gasteiger partial charge in [-0.2, -0.15) is 0 Å². The zero-order valence-corrected chi connectivity index (χ0v) is 10.7. The van der Waals surface area contributed by atoms with Crippen LogP contribution in [0, 0.1) is 0 Å². The van der Waals surface area contributed by atoms with Gasteiger partial charge in [0.2, 0.25) is 0 Å².